The average Bonchev–Trinajstić information content (AvgIpc) is 2.41. The first-order chi connectivity index (χ1) is 9.89. The Morgan fingerprint density at radius 2 is 1.95 bits per heavy atom. The second kappa shape index (κ2) is 9.02. The van der Waals surface area contributed by atoms with E-state index in [9.17, 15) is 8.42 Å². The molecule has 0 aliphatic carbocycles. The Bertz CT molecular complexity index is 514. The highest BCUT2D eigenvalue weighted by molar-refractivity contribution is 7.90. The highest BCUT2D eigenvalue weighted by Gasteiger charge is 2.07. The summed E-state index contributed by atoms with van der Waals surface area (Å²) in [5.74, 6) is 0.572. The van der Waals surface area contributed by atoms with Gasteiger partial charge in [-0.3, -0.25) is 0 Å². The van der Waals surface area contributed by atoms with Crippen LogP contribution in [0.15, 0.2) is 29.2 Å². The topological polar surface area (TPSA) is 64.6 Å². The maximum absolute atomic E-state index is 11.4. The zero-order valence-electron chi connectivity index (χ0n) is 13.0. The van der Waals surface area contributed by atoms with Gasteiger partial charge in [-0.1, -0.05) is 6.07 Å². The van der Waals surface area contributed by atoms with Crippen molar-refractivity contribution < 1.29 is 17.9 Å². The normalized spacial score (nSPS) is 11.8. The van der Waals surface area contributed by atoms with Crippen LogP contribution in [0.1, 0.15) is 20.3 Å². The fraction of sp³-hybridized carbons (Fsp3) is 0.600. The van der Waals surface area contributed by atoms with Crippen LogP contribution in [0.25, 0.3) is 0 Å². The summed E-state index contributed by atoms with van der Waals surface area (Å²) in [4.78, 5) is 0.277. The smallest absolute Gasteiger partial charge is 0.175 e. The third-order valence-electron chi connectivity index (χ3n) is 2.73. The molecule has 0 aromatic heterocycles. The van der Waals surface area contributed by atoms with Crippen molar-refractivity contribution in [2.45, 2.75) is 31.3 Å². The van der Waals surface area contributed by atoms with Gasteiger partial charge < -0.3 is 14.8 Å². The molecule has 21 heavy (non-hydrogen) atoms. The Kier molecular flexibility index (Phi) is 7.71. The Hall–Kier alpha value is -1.11. The first-order valence-electron chi connectivity index (χ1n) is 7.15. The van der Waals surface area contributed by atoms with Gasteiger partial charge in [0.1, 0.15) is 12.4 Å². The fourth-order valence-electron chi connectivity index (χ4n) is 1.68. The van der Waals surface area contributed by atoms with Crippen LogP contribution in [-0.2, 0) is 14.6 Å². The van der Waals surface area contributed by atoms with Gasteiger partial charge in [-0.2, -0.15) is 0 Å². The van der Waals surface area contributed by atoms with E-state index in [1.54, 1.807) is 24.3 Å². The van der Waals surface area contributed by atoms with Crippen molar-refractivity contribution in [3.8, 4) is 5.75 Å². The Labute approximate surface area is 127 Å². The van der Waals surface area contributed by atoms with Crippen LogP contribution in [0, 0.1) is 0 Å². The molecule has 5 nitrogen and oxygen atoms in total. The van der Waals surface area contributed by atoms with Gasteiger partial charge >= 0.3 is 0 Å². The number of hydrogen-bond acceptors (Lipinski definition) is 5. The molecule has 1 N–H and O–H groups in total. The Balaban J connectivity index is 2.19. The molecule has 0 unspecified atom stereocenters. The van der Waals surface area contributed by atoms with Crippen LogP contribution in [0.3, 0.4) is 0 Å². The summed E-state index contributed by atoms with van der Waals surface area (Å²) in [6.07, 6.45) is 2.42. The molecule has 1 rings (SSSR count). The molecule has 0 bridgehead atoms. The van der Waals surface area contributed by atoms with E-state index in [1.165, 1.54) is 6.26 Å². The SMILES string of the molecule is CC(C)OCCCNCCOc1cccc(S(C)(=O)=O)c1. The third-order valence-corrected chi connectivity index (χ3v) is 3.84. The van der Waals surface area contributed by atoms with E-state index in [0.717, 1.165) is 19.6 Å². The molecule has 1 aromatic carbocycles. The number of rotatable bonds is 10. The van der Waals surface area contributed by atoms with Gasteiger partial charge in [0.2, 0.25) is 0 Å². The summed E-state index contributed by atoms with van der Waals surface area (Å²) in [6.45, 7) is 6.88. The number of nitrogens with one attached hydrogen (secondary N) is 1. The van der Waals surface area contributed by atoms with Crippen molar-refractivity contribution in [1.82, 2.24) is 5.32 Å². The lowest BCUT2D eigenvalue weighted by molar-refractivity contribution is 0.0770. The summed E-state index contributed by atoms with van der Waals surface area (Å²) in [5, 5.41) is 3.25. The Morgan fingerprint density at radius 3 is 2.62 bits per heavy atom. The van der Waals surface area contributed by atoms with Crippen LogP contribution in [0.5, 0.6) is 5.75 Å². The fourth-order valence-corrected chi connectivity index (χ4v) is 2.33. The van der Waals surface area contributed by atoms with Crippen molar-refractivity contribution in [1.29, 1.82) is 0 Å². The van der Waals surface area contributed by atoms with Gasteiger partial charge in [0.15, 0.2) is 9.84 Å². The second-order valence-electron chi connectivity index (χ2n) is 5.12. The summed E-state index contributed by atoms with van der Waals surface area (Å²) >= 11 is 0. The van der Waals surface area contributed by atoms with Gasteiger partial charge in [-0.05, 0) is 45.0 Å². The van der Waals surface area contributed by atoms with Crippen molar-refractivity contribution in [2.24, 2.45) is 0 Å². The first kappa shape index (κ1) is 17.9. The van der Waals surface area contributed by atoms with Gasteiger partial charge in [-0.25, -0.2) is 8.42 Å². The van der Waals surface area contributed by atoms with Crippen LogP contribution in [0.2, 0.25) is 0 Å². The summed E-state index contributed by atoms with van der Waals surface area (Å²) < 4.78 is 33.8. The molecule has 1 aromatic rings. The number of ether oxygens (including phenoxy) is 2. The number of hydrogen-bond donors (Lipinski definition) is 1. The highest BCUT2D eigenvalue weighted by atomic mass is 32.2. The van der Waals surface area contributed by atoms with E-state index >= 15 is 0 Å². The molecule has 0 saturated heterocycles. The van der Waals surface area contributed by atoms with Crippen LogP contribution in [-0.4, -0.2) is 47.1 Å². The molecule has 0 radical (unpaired) electrons. The lowest BCUT2D eigenvalue weighted by Crippen LogP contribution is -2.23. The molecule has 0 aliphatic heterocycles. The largest absolute Gasteiger partial charge is 0.492 e. The van der Waals surface area contributed by atoms with Gasteiger partial charge in [0.05, 0.1) is 11.0 Å². The lowest BCUT2D eigenvalue weighted by Gasteiger charge is -2.09. The molecular formula is C15H25NO4S. The minimum Gasteiger partial charge on any atom is -0.492 e. The molecule has 6 heteroatoms. The van der Waals surface area contributed by atoms with E-state index in [4.69, 9.17) is 9.47 Å². The summed E-state index contributed by atoms with van der Waals surface area (Å²) in [5.41, 5.74) is 0. The maximum atomic E-state index is 11.4. The predicted octanol–water partition coefficient (Wildman–Crippen LogP) is 1.87. The lowest BCUT2D eigenvalue weighted by atomic mass is 10.3. The van der Waals surface area contributed by atoms with Crippen molar-refractivity contribution in [3.63, 3.8) is 0 Å². The molecule has 0 fully saturated rings. The van der Waals surface area contributed by atoms with E-state index in [0.29, 0.717) is 18.9 Å². The van der Waals surface area contributed by atoms with Gasteiger partial charge in [0.25, 0.3) is 0 Å². The molecule has 0 heterocycles. The van der Waals surface area contributed by atoms with Gasteiger partial charge in [0, 0.05) is 19.4 Å². The second-order valence-corrected chi connectivity index (χ2v) is 7.13. The Morgan fingerprint density at radius 1 is 1.19 bits per heavy atom. The zero-order valence-corrected chi connectivity index (χ0v) is 13.8. The number of sulfone groups is 1. The molecule has 120 valence electrons. The van der Waals surface area contributed by atoms with E-state index in [1.807, 2.05) is 13.8 Å². The molecule has 0 amide bonds. The van der Waals surface area contributed by atoms with Crippen LogP contribution in [0.4, 0.5) is 0 Å². The van der Waals surface area contributed by atoms with E-state index in [2.05, 4.69) is 5.32 Å². The molecule has 0 aliphatic rings. The molecule has 0 spiro atoms. The molecule has 0 saturated carbocycles. The zero-order chi connectivity index (χ0) is 15.7. The standard InChI is InChI=1S/C15H25NO4S/c1-13(2)19-10-5-8-16-9-11-20-14-6-4-7-15(12-14)21(3,17)18/h4,6-7,12-13,16H,5,8-11H2,1-3H3. The summed E-state index contributed by atoms with van der Waals surface area (Å²) in [6, 6.07) is 6.55. The van der Waals surface area contributed by atoms with E-state index < -0.39 is 9.84 Å². The van der Waals surface area contributed by atoms with Crippen molar-refractivity contribution in [2.75, 3.05) is 32.6 Å². The van der Waals surface area contributed by atoms with E-state index in [-0.39, 0.29) is 11.0 Å². The first-order valence-corrected chi connectivity index (χ1v) is 9.04. The predicted molar refractivity (Wildman–Crippen MR) is 83.6 cm³/mol. The maximum Gasteiger partial charge on any atom is 0.175 e. The monoisotopic (exact) mass is 315 g/mol. The van der Waals surface area contributed by atoms with Crippen LogP contribution >= 0.6 is 0 Å². The van der Waals surface area contributed by atoms with Crippen molar-refractivity contribution >= 4 is 9.84 Å². The molecular weight excluding hydrogens is 290 g/mol. The number of benzene rings is 1. The summed E-state index contributed by atoms with van der Waals surface area (Å²) in [7, 11) is -3.19. The van der Waals surface area contributed by atoms with Crippen LogP contribution < -0.4 is 10.1 Å². The average molecular weight is 315 g/mol. The minimum atomic E-state index is -3.19. The molecule has 0 atom stereocenters. The van der Waals surface area contributed by atoms with Crippen molar-refractivity contribution in [3.05, 3.63) is 24.3 Å². The third kappa shape index (κ3) is 8.04. The quantitative estimate of drug-likeness (QED) is 0.668. The van der Waals surface area contributed by atoms with Gasteiger partial charge in [-0.15, -0.1) is 0 Å². The minimum absolute atomic E-state index is 0.274. The highest BCUT2D eigenvalue weighted by Crippen LogP contribution is 2.16.